The van der Waals surface area contributed by atoms with Crippen LogP contribution in [0.5, 0.6) is 0 Å². The van der Waals surface area contributed by atoms with Crippen LogP contribution in [-0.4, -0.2) is 12.5 Å². The molecule has 0 unspecified atom stereocenters. The van der Waals surface area contributed by atoms with E-state index < -0.39 is 0 Å². The van der Waals surface area contributed by atoms with Crippen LogP contribution < -0.4 is 5.32 Å². The zero-order chi connectivity index (χ0) is 12.3. The first-order chi connectivity index (χ1) is 8.33. The van der Waals surface area contributed by atoms with Gasteiger partial charge in [-0.05, 0) is 24.8 Å². The third kappa shape index (κ3) is 6.36. The van der Waals surface area contributed by atoms with Crippen LogP contribution in [-0.2, 0) is 11.2 Å². The molecule has 1 aliphatic heterocycles. The molecule has 90 valence electrons. The Kier molecular flexibility index (Phi) is 6.50. The number of amides is 1. The Balaban J connectivity index is 0.000000202. The van der Waals surface area contributed by atoms with Crippen molar-refractivity contribution in [3.63, 3.8) is 0 Å². The maximum Gasteiger partial charge on any atom is 0.220 e. The molecule has 1 aromatic rings. The van der Waals surface area contributed by atoms with Gasteiger partial charge in [0.15, 0.2) is 0 Å². The standard InChI is InChI=1S/C10H11N.C4H7NO/c11-9-5-4-8-10-6-2-1-3-7-10;6-4-2-1-3-5-4/h1-3,6-7H,4-5,8H2;1-3H2,(H,5,6). The number of carbonyl (C=O) groups excluding carboxylic acids is 1. The van der Waals surface area contributed by atoms with Crippen molar-refractivity contribution in [2.75, 3.05) is 6.54 Å². The average Bonchev–Trinajstić information content (AvgIpc) is 2.83. The van der Waals surface area contributed by atoms with E-state index in [2.05, 4.69) is 23.5 Å². The van der Waals surface area contributed by atoms with Gasteiger partial charge in [-0.25, -0.2) is 0 Å². The second-order valence-corrected chi connectivity index (χ2v) is 3.95. The Labute approximate surface area is 102 Å². The molecule has 0 atom stereocenters. The van der Waals surface area contributed by atoms with Gasteiger partial charge in [-0.15, -0.1) is 0 Å². The van der Waals surface area contributed by atoms with Gasteiger partial charge in [0.05, 0.1) is 6.07 Å². The predicted molar refractivity (Wildman–Crippen MR) is 67.2 cm³/mol. The molecule has 0 aromatic heterocycles. The SMILES string of the molecule is N#CCCCc1ccccc1.O=C1CCCN1. The Morgan fingerprint density at radius 1 is 1.29 bits per heavy atom. The van der Waals surface area contributed by atoms with E-state index >= 15 is 0 Å². The van der Waals surface area contributed by atoms with Crippen molar-refractivity contribution in [2.45, 2.75) is 32.1 Å². The highest BCUT2D eigenvalue weighted by Gasteiger charge is 2.05. The zero-order valence-corrected chi connectivity index (χ0v) is 9.98. The molecule has 2 rings (SSSR count). The minimum atomic E-state index is 0.204. The fraction of sp³-hybridized carbons (Fsp3) is 0.429. The molecule has 0 saturated carbocycles. The number of hydrogen-bond donors (Lipinski definition) is 1. The first kappa shape index (κ1) is 13.2. The molecule has 1 heterocycles. The van der Waals surface area contributed by atoms with Gasteiger partial charge in [0.1, 0.15) is 0 Å². The molecule has 0 radical (unpaired) electrons. The molecule has 1 aromatic carbocycles. The van der Waals surface area contributed by atoms with E-state index in [1.165, 1.54) is 5.56 Å². The normalized spacial score (nSPS) is 13.2. The van der Waals surface area contributed by atoms with Crippen LogP contribution in [0.1, 0.15) is 31.2 Å². The van der Waals surface area contributed by atoms with Crippen molar-refractivity contribution in [3.8, 4) is 6.07 Å². The number of unbranched alkanes of at least 4 members (excludes halogenated alkanes) is 1. The Bertz CT molecular complexity index is 360. The van der Waals surface area contributed by atoms with Gasteiger partial charge in [-0.2, -0.15) is 5.26 Å². The molecular formula is C14H18N2O. The fourth-order valence-corrected chi connectivity index (χ4v) is 1.58. The molecule has 1 saturated heterocycles. The lowest BCUT2D eigenvalue weighted by atomic mass is 10.1. The summed E-state index contributed by atoms with van der Waals surface area (Å²) in [6.45, 7) is 0.888. The number of hydrogen-bond acceptors (Lipinski definition) is 2. The molecule has 3 heteroatoms. The van der Waals surface area contributed by atoms with Gasteiger partial charge in [0, 0.05) is 19.4 Å². The Morgan fingerprint density at radius 2 is 2.06 bits per heavy atom. The molecule has 0 bridgehead atoms. The van der Waals surface area contributed by atoms with E-state index in [-0.39, 0.29) is 5.91 Å². The van der Waals surface area contributed by atoms with Crippen LogP contribution in [0.2, 0.25) is 0 Å². The Hall–Kier alpha value is -1.82. The van der Waals surface area contributed by atoms with Crippen molar-refractivity contribution in [3.05, 3.63) is 35.9 Å². The van der Waals surface area contributed by atoms with Crippen molar-refractivity contribution >= 4 is 5.91 Å². The maximum atomic E-state index is 10.1. The first-order valence-corrected chi connectivity index (χ1v) is 6.00. The summed E-state index contributed by atoms with van der Waals surface area (Å²) in [6.07, 6.45) is 4.42. The summed E-state index contributed by atoms with van der Waals surface area (Å²) in [5.74, 6) is 0.204. The topological polar surface area (TPSA) is 52.9 Å². The van der Waals surface area contributed by atoms with E-state index in [0.717, 1.165) is 32.2 Å². The third-order valence-electron chi connectivity index (χ3n) is 2.50. The van der Waals surface area contributed by atoms with Gasteiger partial charge in [-0.3, -0.25) is 4.79 Å². The molecular weight excluding hydrogens is 212 g/mol. The van der Waals surface area contributed by atoms with Gasteiger partial charge in [0.2, 0.25) is 5.91 Å². The van der Waals surface area contributed by atoms with Gasteiger partial charge in [0.25, 0.3) is 0 Å². The van der Waals surface area contributed by atoms with Crippen molar-refractivity contribution in [2.24, 2.45) is 0 Å². The number of benzene rings is 1. The lowest BCUT2D eigenvalue weighted by Gasteiger charge is -1.95. The lowest BCUT2D eigenvalue weighted by Crippen LogP contribution is -2.12. The van der Waals surface area contributed by atoms with Crippen LogP contribution in [0, 0.1) is 11.3 Å². The summed E-state index contributed by atoms with van der Waals surface area (Å²) in [4.78, 5) is 10.1. The summed E-state index contributed by atoms with van der Waals surface area (Å²) >= 11 is 0. The number of nitriles is 1. The van der Waals surface area contributed by atoms with Crippen molar-refractivity contribution in [1.82, 2.24) is 5.32 Å². The van der Waals surface area contributed by atoms with Gasteiger partial charge >= 0.3 is 0 Å². The maximum absolute atomic E-state index is 10.1. The van der Waals surface area contributed by atoms with Crippen LogP contribution in [0.25, 0.3) is 0 Å². The monoisotopic (exact) mass is 230 g/mol. The summed E-state index contributed by atoms with van der Waals surface area (Å²) < 4.78 is 0. The number of carbonyl (C=O) groups is 1. The lowest BCUT2D eigenvalue weighted by molar-refractivity contribution is -0.119. The highest BCUT2D eigenvalue weighted by molar-refractivity contribution is 5.77. The van der Waals surface area contributed by atoms with Crippen LogP contribution in [0.15, 0.2) is 30.3 Å². The molecule has 1 aliphatic rings. The average molecular weight is 230 g/mol. The summed E-state index contributed by atoms with van der Waals surface area (Å²) in [5.41, 5.74) is 1.32. The predicted octanol–water partition coefficient (Wildman–Crippen LogP) is 2.43. The summed E-state index contributed by atoms with van der Waals surface area (Å²) in [5, 5.41) is 11.0. The van der Waals surface area contributed by atoms with E-state index in [4.69, 9.17) is 5.26 Å². The highest BCUT2D eigenvalue weighted by atomic mass is 16.1. The third-order valence-corrected chi connectivity index (χ3v) is 2.50. The minimum absolute atomic E-state index is 0.204. The van der Waals surface area contributed by atoms with E-state index in [9.17, 15) is 4.79 Å². The van der Waals surface area contributed by atoms with E-state index in [0.29, 0.717) is 6.42 Å². The minimum Gasteiger partial charge on any atom is -0.356 e. The second-order valence-electron chi connectivity index (χ2n) is 3.95. The molecule has 3 nitrogen and oxygen atoms in total. The number of nitrogens with one attached hydrogen (secondary N) is 1. The fourth-order valence-electron chi connectivity index (χ4n) is 1.58. The largest absolute Gasteiger partial charge is 0.356 e. The van der Waals surface area contributed by atoms with E-state index in [1.807, 2.05) is 18.2 Å². The van der Waals surface area contributed by atoms with Crippen LogP contribution in [0.4, 0.5) is 0 Å². The first-order valence-electron chi connectivity index (χ1n) is 6.00. The number of rotatable bonds is 3. The molecule has 1 N–H and O–H groups in total. The molecule has 0 aliphatic carbocycles. The van der Waals surface area contributed by atoms with E-state index in [1.54, 1.807) is 0 Å². The quantitative estimate of drug-likeness (QED) is 0.811. The van der Waals surface area contributed by atoms with Crippen molar-refractivity contribution < 1.29 is 4.79 Å². The Morgan fingerprint density at radius 3 is 2.53 bits per heavy atom. The van der Waals surface area contributed by atoms with Crippen LogP contribution in [0.3, 0.4) is 0 Å². The molecule has 1 amide bonds. The van der Waals surface area contributed by atoms with Crippen molar-refractivity contribution in [1.29, 1.82) is 5.26 Å². The van der Waals surface area contributed by atoms with Gasteiger partial charge in [-0.1, -0.05) is 30.3 Å². The summed E-state index contributed by atoms with van der Waals surface area (Å²) in [6, 6.07) is 12.4. The second kappa shape index (κ2) is 8.35. The number of aryl methyl sites for hydroxylation is 1. The molecule has 0 spiro atoms. The van der Waals surface area contributed by atoms with Gasteiger partial charge < -0.3 is 5.32 Å². The zero-order valence-electron chi connectivity index (χ0n) is 9.98. The molecule has 17 heavy (non-hydrogen) atoms. The molecule has 1 fully saturated rings. The summed E-state index contributed by atoms with van der Waals surface area (Å²) in [7, 11) is 0. The number of nitrogens with zero attached hydrogens (tertiary/aromatic N) is 1. The smallest absolute Gasteiger partial charge is 0.220 e. The highest BCUT2D eigenvalue weighted by Crippen LogP contribution is 2.03. The van der Waals surface area contributed by atoms with Crippen LogP contribution >= 0.6 is 0 Å².